The van der Waals surface area contributed by atoms with Crippen LogP contribution in [-0.4, -0.2) is 40.7 Å². The van der Waals surface area contributed by atoms with Gasteiger partial charge in [-0.05, 0) is 45.7 Å². The van der Waals surface area contributed by atoms with Crippen LogP contribution in [0, 0.1) is 0 Å². The fourth-order valence-electron chi connectivity index (χ4n) is 2.28. The number of halogens is 1. The zero-order chi connectivity index (χ0) is 17.2. The van der Waals surface area contributed by atoms with E-state index < -0.39 is 17.7 Å². The van der Waals surface area contributed by atoms with Crippen molar-refractivity contribution < 1.29 is 19.1 Å². The molecule has 0 spiro atoms. The van der Waals surface area contributed by atoms with E-state index in [0.29, 0.717) is 23.7 Å². The summed E-state index contributed by atoms with van der Waals surface area (Å²) in [6.07, 6.45) is 0.173. The minimum absolute atomic E-state index is 0.154. The van der Waals surface area contributed by atoms with Crippen LogP contribution in [-0.2, 0) is 22.4 Å². The van der Waals surface area contributed by atoms with Crippen LogP contribution >= 0.6 is 11.6 Å². The molecule has 1 aromatic rings. The summed E-state index contributed by atoms with van der Waals surface area (Å²) in [5, 5.41) is 0.474. The third-order valence-corrected chi connectivity index (χ3v) is 3.60. The average molecular weight is 341 g/mol. The van der Waals surface area contributed by atoms with Gasteiger partial charge in [-0.1, -0.05) is 11.6 Å². The summed E-state index contributed by atoms with van der Waals surface area (Å²) < 4.78 is 10.3. The van der Waals surface area contributed by atoms with Crippen molar-refractivity contribution >= 4 is 23.7 Å². The molecule has 1 aromatic heterocycles. The van der Waals surface area contributed by atoms with Crippen molar-refractivity contribution in [2.45, 2.75) is 46.3 Å². The number of aromatic nitrogens is 1. The van der Waals surface area contributed by atoms with Crippen molar-refractivity contribution in [1.29, 1.82) is 0 Å². The minimum atomic E-state index is -0.560. The van der Waals surface area contributed by atoms with Gasteiger partial charge in [-0.15, -0.1) is 0 Å². The quantitative estimate of drug-likeness (QED) is 0.773. The molecule has 1 amide bonds. The molecule has 0 N–H and O–H groups in total. The van der Waals surface area contributed by atoms with Crippen molar-refractivity contribution in [3.63, 3.8) is 0 Å². The van der Waals surface area contributed by atoms with Gasteiger partial charge in [0.2, 0.25) is 0 Å². The zero-order valence-corrected chi connectivity index (χ0v) is 14.6. The molecule has 0 saturated heterocycles. The number of carbonyl (C=O) groups is 2. The topological polar surface area (TPSA) is 68.7 Å². The Kier molecular flexibility index (Phi) is 5.14. The van der Waals surface area contributed by atoms with E-state index in [1.54, 1.807) is 11.8 Å². The molecule has 2 rings (SSSR count). The molecule has 6 nitrogen and oxygen atoms in total. The Balaban J connectivity index is 2.22. The van der Waals surface area contributed by atoms with Gasteiger partial charge in [-0.2, -0.15) is 0 Å². The van der Waals surface area contributed by atoms with Gasteiger partial charge in [0.1, 0.15) is 11.3 Å². The first-order valence-corrected chi connectivity index (χ1v) is 7.92. The summed E-state index contributed by atoms with van der Waals surface area (Å²) in [6, 6.07) is 1.52. The molecule has 0 aromatic carbocycles. The van der Waals surface area contributed by atoms with Crippen LogP contribution in [0.25, 0.3) is 0 Å². The number of pyridine rings is 1. The van der Waals surface area contributed by atoms with E-state index in [4.69, 9.17) is 21.1 Å². The molecule has 0 radical (unpaired) electrons. The number of rotatable bonds is 2. The largest absolute Gasteiger partial charge is 0.461 e. The normalized spacial score (nSPS) is 14.2. The Labute approximate surface area is 140 Å². The number of ether oxygens (including phenoxy) is 2. The summed E-state index contributed by atoms with van der Waals surface area (Å²) in [5.41, 5.74) is 1.06. The lowest BCUT2D eigenvalue weighted by atomic mass is 10.0. The maximum absolute atomic E-state index is 12.2. The second kappa shape index (κ2) is 6.74. The highest BCUT2D eigenvalue weighted by Crippen LogP contribution is 2.27. The summed E-state index contributed by atoms with van der Waals surface area (Å²) in [4.78, 5) is 29.9. The number of nitrogens with zero attached hydrogens (tertiary/aromatic N) is 2. The monoisotopic (exact) mass is 340 g/mol. The van der Waals surface area contributed by atoms with Gasteiger partial charge in [0, 0.05) is 11.6 Å². The molecule has 0 atom stereocenters. The molecular weight excluding hydrogens is 320 g/mol. The highest BCUT2D eigenvalue weighted by molar-refractivity contribution is 6.31. The number of fused-ring (bicyclic) bond motifs is 1. The molecular formula is C16H21ClN2O4. The van der Waals surface area contributed by atoms with Crippen LogP contribution < -0.4 is 0 Å². The average Bonchev–Trinajstić information content (AvgIpc) is 2.45. The van der Waals surface area contributed by atoms with E-state index in [-0.39, 0.29) is 18.8 Å². The summed E-state index contributed by atoms with van der Waals surface area (Å²) >= 11 is 6.24. The van der Waals surface area contributed by atoms with E-state index in [1.165, 1.54) is 6.07 Å². The van der Waals surface area contributed by atoms with E-state index in [2.05, 4.69) is 4.98 Å². The predicted octanol–water partition coefficient (Wildman–Crippen LogP) is 3.20. The van der Waals surface area contributed by atoms with Crippen molar-refractivity contribution in [3.8, 4) is 0 Å². The Hall–Kier alpha value is -1.82. The third kappa shape index (κ3) is 4.34. The third-order valence-electron chi connectivity index (χ3n) is 3.26. The highest BCUT2D eigenvalue weighted by Gasteiger charge is 2.28. The van der Waals surface area contributed by atoms with E-state index >= 15 is 0 Å². The lowest BCUT2D eigenvalue weighted by molar-refractivity contribution is 0.0221. The molecule has 0 bridgehead atoms. The molecule has 0 fully saturated rings. The van der Waals surface area contributed by atoms with E-state index in [1.807, 2.05) is 20.8 Å². The SMILES string of the molecule is CCOC(=O)c1cc(Cl)c2c(n1)CN(C(=O)OC(C)(C)C)CC2. The van der Waals surface area contributed by atoms with Crippen LogP contribution in [0.15, 0.2) is 6.07 Å². The standard InChI is InChI=1S/C16H21ClN2O4/c1-5-22-14(20)12-8-11(17)10-6-7-19(9-13(10)18-12)15(21)23-16(2,3)4/h8H,5-7,9H2,1-4H3. The van der Waals surface area contributed by atoms with Crippen molar-refractivity contribution in [2.75, 3.05) is 13.2 Å². The van der Waals surface area contributed by atoms with Gasteiger partial charge in [-0.25, -0.2) is 14.6 Å². The van der Waals surface area contributed by atoms with Gasteiger partial charge in [0.15, 0.2) is 0 Å². The van der Waals surface area contributed by atoms with Crippen LogP contribution in [0.4, 0.5) is 4.79 Å². The van der Waals surface area contributed by atoms with Crippen molar-refractivity contribution in [2.24, 2.45) is 0 Å². The maximum Gasteiger partial charge on any atom is 0.410 e. The Morgan fingerprint density at radius 1 is 1.39 bits per heavy atom. The summed E-state index contributed by atoms with van der Waals surface area (Å²) in [7, 11) is 0. The predicted molar refractivity (Wildman–Crippen MR) is 85.6 cm³/mol. The molecule has 23 heavy (non-hydrogen) atoms. The second-order valence-corrected chi connectivity index (χ2v) is 6.69. The summed E-state index contributed by atoms with van der Waals surface area (Å²) in [6.45, 7) is 8.20. The lowest BCUT2D eigenvalue weighted by Crippen LogP contribution is -2.40. The van der Waals surface area contributed by atoms with Crippen molar-refractivity contribution in [3.05, 3.63) is 28.0 Å². The number of carbonyl (C=O) groups excluding carboxylic acids is 2. The summed E-state index contributed by atoms with van der Waals surface area (Å²) in [5.74, 6) is -0.522. The Morgan fingerprint density at radius 2 is 2.09 bits per heavy atom. The molecule has 0 saturated carbocycles. The van der Waals surface area contributed by atoms with Gasteiger partial charge in [-0.3, -0.25) is 0 Å². The zero-order valence-electron chi connectivity index (χ0n) is 13.8. The first-order chi connectivity index (χ1) is 10.7. The smallest absolute Gasteiger partial charge is 0.410 e. The first-order valence-electron chi connectivity index (χ1n) is 7.54. The molecule has 0 unspecified atom stereocenters. The van der Waals surface area contributed by atoms with Crippen LogP contribution in [0.2, 0.25) is 5.02 Å². The molecule has 2 heterocycles. The minimum Gasteiger partial charge on any atom is -0.461 e. The number of hydrogen-bond donors (Lipinski definition) is 0. The van der Waals surface area contributed by atoms with Gasteiger partial charge < -0.3 is 14.4 Å². The van der Waals surface area contributed by atoms with Gasteiger partial charge in [0.25, 0.3) is 0 Å². The Bertz CT molecular complexity index is 625. The Morgan fingerprint density at radius 3 is 2.70 bits per heavy atom. The molecule has 1 aliphatic heterocycles. The molecule has 126 valence electrons. The van der Waals surface area contributed by atoms with Crippen LogP contribution in [0.5, 0.6) is 0 Å². The van der Waals surface area contributed by atoms with Gasteiger partial charge >= 0.3 is 12.1 Å². The molecule has 0 aliphatic carbocycles. The molecule has 1 aliphatic rings. The van der Waals surface area contributed by atoms with E-state index in [0.717, 1.165) is 5.56 Å². The number of esters is 1. The fraction of sp³-hybridized carbons (Fsp3) is 0.562. The first kappa shape index (κ1) is 17.5. The van der Waals surface area contributed by atoms with Crippen molar-refractivity contribution in [1.82, 2.24) is 9.88 Å². The highest BCUT2D eigenvalue weighted by atomic mass is 35.5. The molecule has 7 heteroatoms. The van der Waals surface area contributed by atoms with Crippen LogP contribution in [0.3, 0.4) is 0 Å². The number of amides is 1. The van der Waals surface area contributed by atoms with Gasteiger partial charge in [0.05, 0.1) is 18.8 Å². The second-order valence-electron chi connectivity index (χ2n) is 6.29. The maximum atomic E-state index is 12.2. The number of hydrogen-bond acceptors (Lipinski definition) is 5. The van der Waals surface area contributed by atoms with E-state index in [9.17, 15) is 9.59 Å². The fourth-order valence-corrected chi connectivity index (χ4v) is 2.59. The van der Waals surface area contributed by atoms with Crippen LogP contribution in [0.1, 0.15) is 49.4 Å². The lowest BCUT2D eigenvalue weighted by Gasteiger charge is -2.31.